The number of nitrogens with one attached hydrogen (secondary N) is 2. The number of ether oxygens (including phenoxy) is 7. The van der Waals surface area contributed by atoms with Gasteiger partial charge in [-0.1, -0.05) is 169 Å². The first-order valence-corrected chi connectivity index (χ1v) is 32.9. The molecule has 1 fully saturated rings. The highest BCUT2D eigenvalue weighted by Crippen LogP contribution is 2.44. The van der Waals surface area contributed by atoms with Crippen molar-refractivity contribution in [3.63, 3.8) is 0 Å². The lowest BCUT2D eigenvalue weighted by atomic mass is 9.86. The molecule has 6 rings (SSSR count). The quantitative estimate of drug-likeness (QED) is 0.0321. The second-order valence-electron chi connectivity index (χ2n) is 24.4. The maximum Gasteiger partial charge on any atom is 0.407 e. The molecule has 1 saturated carbocycles. The number of unbranched alkanes of at least 4 members (excludes halogenated alkanes) is 11. The number of nitrogens with zero attached hydrogens (tertiary/aromatic N) is 1. The van der Waals surface area contributed by atoms with Gasteiger partial charge in [0, 0.05) is 76.2 Å². The molecule has 3 amide bonds. The highest BCUT2D eigenvalue weighted by atomic mass is 16.6. The molecule has 0 heterocycles. The number of methoxy groups -OCH3 is 1. The lowest BCUT2D eigenvalue weighted by Crippen LogP contribution is -2.32. The predicted molar refractivity (Wildman–Crippen MR) is 342 cm³/mol. The van der Waals surface area contributed by atoms with Gasteiger partial charge in [-0.3, -0.25) is 14.4 Å². The number of alkyl carbamates (subject to hydrolysis) is 1. The summed E-state index contributed by atoms with van der Waals surface area (Å²) in [5.41, 5.74) is 7.80. The third-order valence-corrected chi connectivity index (χ3v) is 16.3. The van der Waals surface area contributed by atoms with Crippen molar-refractivity contribution in [2.45, 2.75) is 212 Å². The van der Waals surface area contributed by atoms with E-state index in [-0.39, 0.29) is 30.3 Å². The normalized spacial score (nSPS) is 13.5. The van der Waals surface area contributed by atoms with E-state index in [2.05, 4.69) is 59.2 Å². The molecule has 86 heavy (non-hydrogen) atoms. The number of amides is 3. The predicted octanol–water partition coefficient (Wildman–Crippen LogP) is 15.5. The molecule has 0 radical (unpaired) electrons. The molecule has 0 saturated heterocycles. The van der Waals surface area contributed by atoms with Crippen LogP contribution in [0.15, 0.2) is 91.0 Å². The molecule has 4 aromatic carbocycles. The summed E-state index contributed by atoms with van der Waals surface area (Å²) in [5, 5.41) is 5.92. The van der Waals surface area contributed by atoms with E-state index in [0.29, 0.717) is 128 Å². The van der Waals surface area contributed by atoms with E-state index in [1.54, 1.807) is 7.11 Å². The first-order chi connectivity index (χ1) is 42.0. The third-order valence-electron chi connectivity index (χ3n) is 16.3. The molecule has 2 aliphatic rings. The number of rotatable bonds is 42. The molecular weight excluding hydrogens is 1080 g/mol. The van der Waals surface area contributed by atoms with Gasteiger partial charge in [-0.25, -0.2) is 4.79 Å². The summed E-state index contributed by atoms with van der Waals surface area (Å²) in [6, 6.07) is 31.2. The van der Waals surface area contributed by atoms with Gasteiger partial charge in [0.15, 0.2) is 0 Å². The number of hydrogen-bond donors (Lipinski definition) is 2. The summed E-state index contributed by atoms with van der Waals surface area (Å²) in [4.78, 5) is 53.0. The number of esters is 1. The lowest BCUT2D eigenvalue weighted by molar-refractivity contribution is -0.155. The zero-order chi connectivity index (χ0) is 60.9. The minimum Gasteiger partial charge on any atom is -0.496 e. The fraction of sp³-hybridized carbons (Fsp3) is 0.611. The van der Waals surface area contributed by atoms with E-state index in [9.17, 15) is 19.2 Å². The van der Waals surface area contributed by atoms with Crippen LogP contribution in [-0.4, -0.2) is 107 Å². The molecular formula is C72H105N3O11. The van der Waals surface area contributed by atoms with Crippen LogP contribution in [0.3, 0.4) is 0 Å². The van der Waals surface area contributed by atoms with E-state index in [4.69, 9.17) is 33.2 Å². The molecule has 0 atom stereocenters. The molecule has 0 aliphatic heterocycles. The summed E-state index contributed by atoms with van der Waals surface area (Å²) in [6.45, 7) is 11.1. The Hall–Kier alpha value is -5.96. The fourth-order valence-corrected chi connectivity index (χ4v) is 11.6. The van der Waals surface area contributed by atoms with Gasteiger partial charge in [0.2, 0.25) is 11.8 Å². The Balaban J connectivity index is 0.833. The average molecular weight is 1190 g/mol. The van der Waals surface area contributed by atoms with Crippen LogP contribution in [0, 0.1) is 0 Å². The summed E-state index contributed by atoms with van der Waals surface area (Å²) < 4.78 is 40.4. The zero-order valence-electron chi connectivity index (χ0n) is 52.9. The first kappa shape index (κ1) is 69.1. The molecule has 474 valence electrons. The molecule has 2 N–H and O–H groups in total. The Morgan fingerprint density at radius 2 is 1.14 bits per heavy atom. The number of carbonyl (C=O) groups excluding carboxylic acids is 4. The van der Waals surface area contributed by atoms with Crippen LogP contribution in [0.1, 0.15) is 221 Å². The molecule has 0 aromatic heterocycles. The van der Waals surface area contributed by atoms with Crippen LogP contribution in [0.25, 0.3) is 11.1 Å². The summed E-state index contributed by atoms with van der Waals surface area (Å²) in [7, 11) is 1.64. The molecule has 2 aliphatic carbocycles. The lowest BCUT2D eigenvalue weighted by Gasteiger charge is -2.24. The Labute approximate surface area is 515 Å². The van der Waals surface area contributed by atoms with Gasteiger partial charge in [0.05, 0.1) is 40.1 Å². The molecule has 14 heteroatoms. The monoisotopic (exact) mass is 1190 g/mol. The SMILES string of the molecule is COc1cc(OCCCC(=O)NCc2ccc(C3CCCCCCC3)cc2)ccc1CN(CCCOCCOCCOCCCNC(=O)OCC1c2ccccc2-c2ccccc21)C(=O)CCCCCCCCCCCCCCC(=O)OC(C)(C)C. The minimum absolute atomic E-state index is 0.00695. The van der Waals surface area contributed by atoms with E-state index in [1.807, 2.05) is 68.1 Å². The van der Waals surface area contributed by atoms with Gasteiger partial charge >= 0.3 is 12.1 Å². The Kier molecular flexibility index (Phi) is 32.6. The van der Waals surface area contributed by atoms with E-state index in [1.165, 1.54) is 111 Å². The topological polar surface area (TPSA) is 160 Å². The molecule has 4 aromatic rings. The van der Waals surface area contributed by atoms with Crippen LogP contribution in [0.4, 0.5) is 4.79 Å². The molecule has 0 spiro atoms. The van der Waals surface area contributed by atoms with Crippen molar-refractivity contribution in [3.8, 4) is 22.6 Å². The van der Waals surface area contributed by atoms with Gasteiger partial charge in [0.1, 0.15) is 23.7 Å². The van der Waals surface area contributed by atoms with Crippen molar-refractivity contribution in [3.05, 3.63) is 119 Å². The second-order valence-corrected chi connectivity index (χ2v) is 24.4. The fourth-order valence-electron chi connectivity index (χ4n) is 11.6. The van der Waals surface area contributed by atoms with Gasteiger partial charge < -0.3 is 48.7 Å². The average Bonchev–Trinajstić information content (AvgIpc) is 1.92. The van der Waals surface area contributed by atoms with E-state index in [0.717, 1.165) is 49.7 Å². The smallest absolute Gasteiger partial charge is 0.407 e. The van der Waals surface area contributed by atoms with Gasteiger partial charge in [-0.2, -0.15) is 0 Å². The summed E-state index contributed by atoms with van der Waals surface area (Å²) in [6.07, 6.45) is 25.6. The standard InChI is InChI=1S/C72H105N3O11/c1-72(2,3)86-70(78)37-21-17-12-10-8-6-5-7-9-11-16-20-36-69(77)75(45-28-47-82-50-52-83-51-49-81-46-27-44-73-71(79)85-56-66-64-33-24-22-31-62(64)63-32-23-25-34-65(63)66)55-60-42-43-61(53-67(60)80-4)84-48-26-35-68(76)74-54-57-38-40-59(41-39-57)58-29-18-14-13-15-19-30-58/h22-25,31-34,38-43,53,58,66H,5-21,26-30,35-37,44-52,54-56H2,1-4H3,(H,73,79)(H,74,76). The highest BCUT2D eigenvalue weighted by molar-refractivity contribution is 5.79. The van der Waals surface area contributed by atoms with Crippen LogP contribution in [-0.2, 0) is 51.2 Å². The van der Waals surface area contributed by atoms with Crippen LogP contribution >= 0.6 is 0 Å². The van der Waals surface area contributed by atoms with Crippen molar-refractivity contribution in [1.82, 2.24) is 15.5 Å². The number of fused-ring (bicyclic) bond motifs is 3. The van der Waals surface area contributed by atoms with Crippen molar-refractivity contribution in [2.24, 2.45) is 0 Å². The van der Waals surface area contributed by atoms with Gasteiger partial charge in [0.25, 0.3) is 0 Å². The number of benzene rings is 4. The zero-order valence-corrected chi connectivity index (χ0v) is 52.9. The van der Waals surface area contributed by atoms with Crippen LogP contribution in [0.5, 0.6) is 11.5 Å². The summed E-state index contributed by atoms with van der Waals surface area (Å²) in [5.74, 6) is 2.02. The first-order valence-electron chi connectivity index (χ1n) is 32.9. The van der Waals surface area contributed by atoms with Crippen LogP contribution in [0.2, 0.25) is 0 Å². The number of hydrogen-bond acceptors (Lipinski definition) is 11. The van der Waals surface area contributed by atoms with E-state index >= 15 is 0 Å². The maximum absolute atomic E-state index is 13.9. The molecule has 14 nitrogen and oxygen atoms in total. The van der Waals surface area contributed by atoms with Crippen molar-refractivity contribution < 1.29 is 52.3 Å². The highest BCUT2D eigenvalue weighted by Gasteiger charge is 2.29. The Morgan fingerprint density at radius 3 is 1.76 bits per heavy atom. The van der Waals surface area contributed by atoms with Crippen LogP contribution < -0.4 is 20.1 Å². The summed E-state index contributed by atoms with van der Waals surface area (Å²) >= 11 is 0. The van der Waals surface area contributed by atoms with Crippen molar-refractivity contribution >= 4 is 23.9 Å². The van der Waals surface area contributed by atoms with E-state index < -0.39 is 11.7 Å². The van der Waals surface area contributed by atoms with Gasteiger partial charge in [-0.15, -0.1) is 0 Å². The van der Waals surface area contributed by atoms with Crippen molar-refractivity contribution in [1.29, 1.82) is 0 Å². The number of carbonyl (C=O) groups is 4. The Morgan fingerprint density at radius 1 is 0.570 bits per heavy atom. The second kappa shape index (κ2) is 40.5. The minimum atomic E-state index is -0.428. The Bertz CT molecular complexity index is 2510. The van der Waals surface area contributed by atoms with Gasteiger partial charge in [-0.05, 0) is 117 Å². The van der Waals surface area contributed by atoms with Crippen molar-refractivity contribution in [2.75, 3.05) is 73.1 Å². The molecule has 0 bridgehead atoms. The third kappa shape index (κ3) is 27.0. The largest absolute Gasteiger partial charge is 0.496 e. The maximum atomic E-state index is 13.9. The molecule has 0 unspecified atom stereocenters.